The van der Waals surface area contributed by atoms with Crippen LogP contribution in [0.25, 0.3) is 0 Å². The zero-order chi connectivity index (χ0) is 10.7. The SMILES string of the molecule is CC[C@@H](c1ccc(C)cc1C)C(C)C. The van der Waals surface area contributed by atoms with E-state index in [1.165, 1.54) is 23.1 Å². The molecule has 78 valence electrons. The van der Waals surface area contributed by atoms with Gasteiger partial charge in [-0.05, 0) is 43.2 Å². The molecular formula is C14H22. The van der Waals surface area contributed by atoms with Gasteiger partial charge in [-0.2, -0.15) is 0 Å². The van der Waals surface area contributed by atoms with E-state index in [9.17, 15) is 0 Å². The van der Waals surface area contributed by atoms with Crippen LogP contribution in [0.5, 0.6) is 0 Å². The Hall–Kier alpha value is -0.780. The predicted molar refractivity (Wildman–Crippen MR) is 63.8 cm³/mol. The van der Waals surface area contributed by atoms with Crippen LogP contribution in [-0.2, 0) is 0 Å². The topological polar surface area (TPSA) is 0 Å². The first-order chi connectivity index (χ1) is 6.56. The lowest BCUT2D eigenvalue weighted by atomic mass is 9.84. The number of aryl methyl sites for hydroxylation is 2. The molecule has 0 N–H and O–H groups in total. The van der Waals surface area contributed by atoms with Crippen LogP contribution in [0.15, 0.2) is 18.2 Å². The van der Waals surface area contributed by atoms with Crippen molar-refractivity contribution in [2.75, 3.05) is 0 Å². The van der Waals surface area contributed by atoms with Gasteiger partial charge >= 0.3 is 0 Å². The Bertz CT molecular complexity index is 297. The molecule has 0 radical (unpaired) electrons. The highest BCUT2D eigenvalue weighted by Crippen LogP contribution is 2.30. The van der Waals surface area contributed by atoms with Gasteiger partial charge in [0.15, 0.2) is 0 Å². The molecule has 14 heavy (non-hydrogen) atoms. The summed E-state index contributed by atoms with van der Waals surface area (Å²) >= 11 is 0. The highest BCUT2D eigenvalue weighted by Gasteiger charge is 2.15. The molecule has 0 saturated carbocycles. The maximum absolute atomic E-state index is 2.31. The average Bonchev–Trinajstić information content (AvgIpc) is 2.09. The molecule has 0 spiro atoms. The van der Waals surface area contributed by atoms with Gasteiger partial charge in [0.1, 0.15) is 0 Å². The normalized spacial score (nSPS) is 13.3. The summed E-state index contributed by atoms with van der Waals surface area (Å²) in [6, 6.07) is 6.83. The molecule has 0 aliphatic carbocycles. The quantitative estimate of drug-likeness (QED) is 0.660. The molecule has 0 bridgehead atoms. The van der Waals surface area contributed by atoms with Gasteiger partial charge in [0, 0.05) is 0 Å². The van der Waals surface area contributed by atoms with E-state index in [2.05, 4.69) is 52.8 Å². The summed E-state index contributed by atoms with van der Waals surface area (Å²) in [6.45, 7) is 11.3. The average molecular weight is 190 g/mol. The smallest absolute Gasteiger partial charge is 0.0139 e. The van der Waals surface area contributed by atoms with Crippen LogP contribution in [0.1, 0.15) is 49.8 Å². The Morgan fingerprint density at radius 1 is 1.14 bits per heavy atom. The van der Waals surface area contributed by atoms with Crippen LogP contribution in [0.2, 0.25) is 0 Å². The lowest BCUT2D eigenvalue weighted by molar-refractivity contribution is 0.483. The number of hydrogen-bond acceptors (Lipinski definition) is 0. The standard InChI is InChI=1S/C14H22/c1-6-13(10(2)3)14-8-7-11(4)9-12(14)5/h7-10,13H,6H2,1-5H3/t13-/m1/s1. The van der Waals surface area contributed by atoms with Crippen molar-refractivity contribution in [3.8, 4) is 0 Å². The fourth-order valence-corrected chi connectivity index (χ4v) is 2.29. The minimum Gasteiger partial charge on any atom is -0.0648 e. The molecule has 0 aromatic heterocycles. The lowest BCUT2D eigenvalue weighted by Crippen LogP contribution is -2.07. The monoisotopic (exact) mass is 190 g/mol. The molecule has 1 aromatic rings. The maximum Gasteiger partial charge on any atom is -0.0139 e. The molecular weight excluding hydrogens is 168 g/mol. The zero-order valence-electron chi connectivity index (χ0n) is 10.1. The van der Waals surface area contributed by atoms with Gasteiger partial charge in [-0.3, -0.25) is 0 Å². The van der Waals surface area contributed by atoms with Gasteiger partial charge in [-0.1, -0.05) is 44.5 Å². The molecule has 0 heteroatoms. The molecule has 0 aliphatic rings. The second kappa shape index (κ2) is 4.63. The summed E-state index contributed by atoms with van der Waals surface area (Å²) in [5.41, 5.74) is 4.35. The molecule has 0 aliphatic heterocycles. The van der Waals surface area contributed by atoms with Crippen LogP contribution in [0.3, 0.4) is 0 Å². The van der Waals surface area contributed by atoms with Crippen LogP contribution in [0, 0.1) is 19.8 Å². The molecule has 0 unspecified atom stereocenters. The van der Waals surface area contributed by atoms with Gasteiger partial charge in [-0.25, -0.2) is 0 Å². The fraction of sp³-hybridized carbons (Fsp3) is 0.571. The third-order valence-electron chi connectivity index (χ3n) is 3.07. The van der Waals surface area contributed by atoms with E-state index < -0.39 is 0 Å². The van der Waals surface area contributed by atoms with Gasteiger partial charge in [0.05, 0.1) is 0 Å². The molecule has 0 nitrogen and oxygen atoms in total. The van der Waals surface area contributed by atoms with Gasteiger partial charge in [-0.15, -0.1) is 0 Å². The minimum absolute atomic E-state index is 0.718. The third-order valence-corrected chi connectivity index (χ3v) is 3.07. The molecule has 1 rings (SSSR count). The minimum atomic E-state index is 0.718. The first kappa shape index (κ1) is 11.3. The second-order valence-electron chi connectivity index (χ2n) is 4.62. The second-order valence-corrected chi connectivity index (χ2v) is 4.62. The van der Waals surface area contributed by atoms with Crippen molar-refractivity contribution in [1.82, 2.24) is 0 Å². The van der Waals surface area contributed by atoms with E-state index in [-0.39, 0.29) is 0 Å². The molecule has 1 atom stereocenters. The lowest BCUT2D eigenvalue weighted by Gasteiger charge is -2.21. The Morgan fingerprint density at radius 2 is 1.79 bits per heavy atom. The van der Waals surface area contributed by atoms with Crippen molar-refractivity contribution >= 4 is 0 Å². The molecule has 0 fully saturated rings. The van der Waals surface area contributed by atoms with E-state index in [0.717, 1.165) is 11.8 Å². The Labute approximate surface area is 88.4 Å². The molecule has 0 saturated heterocycles. The van der Waals surface area contributed by atoms with Crippen LogP contribution in [-0.4, -0.2) is 0 Å². The number of rotatable bonds is 3. The van der Waals surface area contributed by atoms with Crippen LogP contribution in [0.4, 0.5) is 0 Å². The van der Waals surface area contributed by atoms with Crippen molar-refractivity contribution in [2.24, 2.45) is 5.92 Å². The van der Waals surface area contributed by atoms with Crippen LogP contribution < -0.4 is 0 Å². The fourth-order valence-electron chi connectivity index (χ4n) is 2.29. The summed E-state index contributed by atoms with van der Waals surface area (Å²) in [6.07, 6.45) is 1.24. The largest absolute Gasteiger partial charge is 0.0648 e. The number of benzene rings is 1. The molecule has 1 aromatic carbocycles. The summed E-state index contributed by atoms with van der Waals surface area (Å²) in [5.74, 6) is 1.46. The highest BCUT2D eigenvalue weighted by atomic mass is 14.2. The van der Waals surface area contributed by atoms with E-state index in [0.29, 0.717) is 0 Å². The van der Waals surface area contributed by atoms with Crippen molar-refractivity contribution in [3.05, 3.63) is 34.9 Å². The van der Waals surface area contributed by atoms with Crippen LogP contribution >= 0.6 is 0 Å². The van der Waals surface area contributed by atoms with Gasteiger partial charge in [0.2, 0.25) is 0 Å². The molecule has 0 amide bonds. The summed E-state index contributed by atoms with van der Waals surface area (Å²) in [4.78, 5) is 0. The Morgan fingerprint density at radius 3 is 2.21 bits per heavy atom. The zero-order valence-corrected chi connectivity index (χ0v) is 10.1. The number of hydrogen-bond donors (Lipinski definition) is 0. The predicted octanol–water partition coefficient (Wildman–Crippen LogP) is 4.45. The van der Waals surface area contributed by atoms with Crippen molar-refractivity contribution < 1.29 is 0 Å². The first-order valence-corrected chi connectivity index (χ1v) is 5.63. The summed E-state index contributed by atoms with van der Waals surface area (Å²) < 4.78 is 0. The highest BCUT2D eigenvalue weighted by molar-refractivity contribution is 5.33. The third kappa shape index (κ3) is 2.37. The Balaban J connectivity index is 3.04. The van der Waals surface area contributed by atoms with E-state index >= 15 is 0 Å². The van der Waals surface area contributed by atoms with E-state index in [1.54, 1.807) is 0 Å². The van der Waals surface area contributed by atoms with E-state index in [1.807, 2.05) is 0 Å². The van der Waals surface area contributed by atoms with Gasteiger partial charge in [0.25, 0.3) is 0 Å². The van der Waals surface area contributed by atoms with E-state index in [4.69, 9.17) is 0 Å². The van der Waals surface area contributed by atoms with Crippen molar-refractivity contribution in [3.63, 3.8) is 0 Å². The van der Waals surface area contributed by atoms with Gasteiger partial charge < -0.3 is 0 Å². The van der Waals surface area contributed by atoms with Crippen molar-refractivity contribution in [1.29, 1.82) is 0 Å². The summed E-state index contributed by atoms with van der Waals surface area (Å²) in [7, 11) is 0. The van der Waals surface area contributed by atoms with Crippen molar-refractivity contribution in [2.45, 2.75) is 47.0 Å². The maximum atomic E-state index is 2.31. The Kier molecular flexibility index (Phi) is 3.74. The summed E-state index contributed by atoms with van der Waals surface area (Å²) in [5, 5.41) is 0. The first-order valence-electron chi connectivity index (χ1n) is 5.63. The molecule has 0 heterocycles.